The number of nitrogens with zero attached hydrogens (tertiary/aromatic N) is 2. The Morgan fingerprint density at radius 1 is 1.07 bits per heavy atom. The van der Waals surface area contributed by atoms with E-state index >= 15 is 0 Å². The average Bonchev–Trinajstić information content (AvgIpc) is 3.21. The van der Waals surface area contributed by atoms with E-state index in [2.05, 4.69) is 10.3 Å². The lowest BCUT2D eigenvalue weighted by molar-refractivity contribution is -0.127. The number of rotatable bonds is 10. The third kappa shape index (κ3) is 6.99. The molecule has 1 saturated heterocycles. The first-order valence-corrected chi connectivity index (χ1v) is 13.2. The van der Waals surface area contributed by atoms with Gasteiger partial charge in [-0.15, -0.1) is 0 Å². The molecule has 0 aliphatic carbocycles. The molecule has 2 heterocycles. The molecule has 206 valence electrons. The van der Waals surface area contributed by atoms with E-state index in [9.17, 15) is 19.2 Å². The number of benzene rings is 2. The molecule has 0 bridgehead atoms. The zero-order valence-electron chi connectivity index (χ0n) is 21.5. The lowest BCUT2D eigenvalue weighted by atomic mass is 10.2. The lowest BCUT2D eigenvalue weighted by Gasteiger charge is -2.13. The van der Waals surface area contributed by atoms with E-state index in [1.807, 2.05) is 12.1 Å². The van der Waals surface area contributed by atoms with Crippen molar-refractivity contribution in [3.63, 3.8) is 0 Å². The number of esters is 1. The molecule has 1 fully saturated rings. The summed E-state index contributed by atoms with van der Waals surface area (Å²) in [6, 6.07) is 13.1. The minimum absolute atomic E-state index is 0.0830. The van der Waals surface area contributed by atoms with E-state index in [0.717, 1.165) is 22.2 Å². The number of pyridine rings is 1. The maximum absolute atomic E-state index is 12.9. The first-order valence-electron chi connectivity index (χ1n) is 12.0. The molecule has 0 saturated carbocycles. The van der Waals surface area contributed by atoms with Gasteiger partial charge in [0.15, 0.2) is 11.5 Å². The minimum atomic E-state index is -0.635. The van der Waals surface area contributed by atoms with Gasteiger partial charge in [-0.25, -0.2) is 4.79 Å². The Labute approximate surface area is 239 Å². The van der Waals surface area contributed by atoms with Crippen LogP contribution in [0.25, 0.3) is 6.08 Å². The molecule has 1 aromatic heterocycles. The number of methoxy groups -OCH3 is 1. The highest BCUT2D eigenvalue weighted by molar-refractivity contribution is 8.18. The third-order valence-corrected chi connectivity index (χ3v) is 6.79. The van der Waals surface area contributed by atoms with Crippen molar-refractivity contribution in [1.29, 1.82) is 0 Å². The predicted octanol–water partition coefficient (Wildman–Crippen LogP) is 5.17. The number of anilines is 1. The molecule has 12 heteroatoms. The van der Waals surface area contributed by atoms with E-state index in [1.54, 1.807) is 43.6 Å². The Bertz CT molecular complexity index is 1480. The molecule has 1 N–H and O–H groups in total. The summed E-state index contributed by atoms with van der Waals surface area (Å²) >= 11 is 6.78. The van der Waals surface area contributed by atoms with Crippen LogP contribution in [0.4, 0.5) is 10.5 Å². The van der Waals surface area contributed by atoms with Gasteiger partial charge in [0.2, 0.25) is 5.91 Å². The molecule has 0 atom stereocenters. The topological polar surface area (TPSA) is 124 Å². The van der Waals surface area contributed by atoms with Crippen molar-refractivity contribution in [2.75, 3.05) is 25.6 Å². The molecule has 1 aliphatic rings. The van der Waals surface area contributed by atoms with Crippen LogP contribution in [-0.2, 0) is 20.9 Å². The number of thioether (sulfide) groups is 1. The number of amides is 3. The predicted molar refractivity (Wildman–Crippen MR) is 150 cm³/mol. The zero-order chi connectivity index (χ0) is 28.6. The Balaban J connectivity index is 1.41. The normalized spacial score (nSPS) is 13.9. The molecule has 0 spiro atoms. The monoisotopic (exact) mass is 581 g/mol. The van der Waals surface area contributed by atoms with Crippen LogP contribution in [-0.4, -0.2) is 53.2 Å². The van der Waals surface area contributed by atoms with E-state index in [4.69, 9.17) is 25.8 Å². The third-order valence-electron chi connectivity index (χ3n) is 5.55. The van der Waals surface area contributed by atoms with Crippen LogP contribution in [0, 0.1) is 0 Å². The van der Waals surface area contributed by atoms with Crippen LogP contribution < -0.4 is 14.8 Å². The molecular formula is C28H24ClN3O7S. The standard InChI is InChI=1S/C28H24ClN3O7S/c1-3-38-27(35)20-14-19(5-6-21(20)29)31-25(33)15-32-26(34)24(40-28(32)36)13-18-4-7-22(23(12-18)37-2)39-16-17-8-10-30-11-9-17/h4-14H,3,15-16H2,1-2H3,(H,31,33)/b24-13+. The Kier molecular flexibility index (Phi) is 9.41. The van der Waals surface area contributed by atoms with Gasteiger partial charge in [-0.3, -0.25) is 24.3 Å². The summed E-state index contributed by atoms with van der Waals surface area (Å²) in [6.07, 6.45) is 4.90. The molecule has 0 unspecified atom stereocenters. The maximum atomic E-state index is 12.9. The minimum Gasteiger partial charge on any atom is -0.493 e. The van der Waals surface area contributed by atoms with Gasteiger partial charge >= 0.3 is 5.97 Å². The Morgan fingerprint density at radius 3 is 2.58 bits per heavy atom. The van der Waals surface area contributed by atoms with Crippen molar-refractivity contribution < 1.29 is 33.4 Å². The number of imide groups is 1. The van der Waals surface area contributed by atoms with E-state index in [1.165, 1.54) is 25.3 Å². The van der Waals surface area contributed by atoms with Crippen molar-refractivity contribution >= 4 is 58.1 Å². The van der Waals surface area contributed by atoms with Crippen molar-refractivity contribution in [1.82, 2.24) is 9.88 Å². The van der Waals surface area contributed by atoms with E-state index < -0.39 is 29.6 Å². The number of halogens is 1. The van der Waals surface area contributed by atoms with E-state index in [0.29, 0.717) is 23.7 Å². The second-order valence-corrected chi connectivity index (χ2v) is 9.69. The van der Waals surface area contributed by atoms with Gasteiger partial charge in [0.25, 0.3) is 11.1 Å². The number of hydrogen-bond donors (Lipinski definition) is 1. The van der Waals surface area contributed by atoms with Crippen molar-refractivity contribution in [2.45, 2.75) is 13.5 Å². The number of hydrogen-bond acceptors (Lipinski definition) is 9. The number of carbonyl (C=O) groups excluding carboxylic acids is 4. The van der Waals surface area contributed by atoms with Crippen LogP contribution >= 0.6 is 23.4 Å². The van der Waals surface area contributed by atoms with Gasteiger partial charge in [-0.2, -0.15) is 0 Å². The highest BCUT2D eigenvalue weighted by Crippen LogP contribution is 2.35. The molecule has 3 aromatic rings. The van der Waals surface area contributed by atoms with Crippen molar-refractivity contribution in [3.05, 3.63) is 87.5 Å². The zero-order valence-corrected chi connectivity index (χ0v) is 23.1. The molecule has 2 aromatic carbocycles. The number of aromatic nitrogens is 1. The van der Waals surface area contributed by atoms with Crippen LogP contribution in [0.1, 0.15) is 28.4 Å². The van der Waals surface area contributed by atoms with E-state index in [-0.39, 0.29) is 27.8 Å². The van der Waals surface area contributed by atoms with Gasteiger partial charge in [-0.1, -0.05) is 17.7 Å². The number of ether oxygens (including phenoxy) is 3. The van der Waals surface area contributed by atoms with Gasteiger partial charge in [0.05, 0.1) is 29.2 Å². The fraction of sp³-hybridized carbons (Fsp3) is 0.179. The van der Waals surface area contributed by atoms with Gasteiger partial charge in [0, 0.05) is 18.1 Å². The highest BCUT2D eigenvalue weighted by atomic mass is 35.5. The van der Waals surface area contributed by atoms with Crippen LogP contribution in [0.5, 0.6) is 11.5 Å². The fourth-order valence-electron chi connectivity index (χ4n) is 3.63. The smallest absolute Gasteiger partial charge is 0.339 e. The SMILES string of the molecule is CCOC(=O)c1cc(NC(=O)CN2C(=O)S/C(=C/c3ccc(OCc4ccncc4)c(OC)c3)C2=O)ccc1Cl. The van der Waals surface area contributed by atoms with Crippen LogP contribution in [0.2, 0.25) is 5.02 Å². The maximum Gasteiger partial charge on any atom is 0.339 e. The summed E-state index contributed by atoms with van der Waals surface area (Å²) in [5.74, 6) is -0.908. The summed E-state index contributed by atoms with van der Waals surface area (Å²) in [6.45, 7) is 1.63. The summed E-state index contributed by atoms with van der Waals surface area (Å²) in [5, 5.41) is 2.15. The molecule has 0 radical (unpaired) electrons. The lowest BCUT2D eigenvalue weighted by Crippen LogP contribution is -2.36. The first-order chi connectivity index (χ1) is 19.3. The highest BCUT2D eigenvalue weighted by Gasteiger charge is 2.36. The quantitative estimate of drug-likeness (QED) is 0.255. The Hall–Kier alpha value is -4.35. The first kappa shape index (κ1) is 28.7. The van der Waals surface area contributed by atoms with Gasteiger partial charge in [0.1, 0.15) is 13.2 Å². The molecule has 1 aliphatic heterocycles. The van der Waals surface area contributed by atoms with Crippen molar-refractivity contribution in [2.24, 2.45) is 0 Å². The molecule has 3 amide bonds. The Morgan fingerprint density at radius 2 is 1.85 bits per heavy atom. The van der Waals surface area contributed by atoms with Crippen LogP contribution in [0.15, 0.2) is 65.8 Å². The molecule has 40 heavy (non-hydrogen) atoms. The van der Waals surface area contributed by atoms with Crippen molar-refractivity contribution in [3.8, 4) is 11.5 Å². The fourth-order valence-corrected chi connectivity index (χ4v) is 4.67. The molecular weight excluding hydrogens is 558 g/mol. The second-order valence-electron chi connectivity index (χ2n) is 8.29. The largest absolute Gasteiger partial charge is 0.493 e. The number of carbonyl (C=O) groups is 4. The molecule has 10 nitrogen and oxygen atoms in total. The second kappa shape index (κ2) is 13.1. The van der Waals surface area contributed by atoms with Gasteiger partial charge in [-0.05, 0) is 78.4 Å². The average molecular weight is 582 g/mol. The summed E-state index contributed by atoms with van der Waals surface area (Å²) < 4.78 is 16.2. The summed E-state index contributed by atoms with van der Waals surface area (Å²) in [7, 11) is 1.50. The number of nitrogens with one attached hydrogen (secondary N) is 1. The summed E-state index contributed by atoms with van der Waals surface area (Å²) in [4.78, 5) is 55.2. The summed E-state index contributed by atoms with van der Waals surface area (Å²) in [5.41, 5.74) is 1.89. The molecule has 4 rings (SSSR count). The van der Waals surface area contributed by atoms with Crippen LogP contribution in [0.3, 0.4) is 0 Å². The van der Waals surface area contributed by atoms with Gasteiger partial charge < -0.3 is 19.5 Å².